The largest absolute Gasteiger partial charge is 0.392 e. The normalized spacial score (nSPS) is 17.5. The van der Waals surface area contributed by atoms with Gasteiger partial charge in [-0.25, -0.2) is 4.31 Å². The lowest BCUT2D eigenvalue weighted by molar-refractivity contribution is 0.281. The van der Waals surface area contributed by atoms with Gasteiger partial charge in [0.05, 0.1) is 12.5 Å². The highest BCUT2D eigenvalue weighted by Gasteiger charge is 2.12. The molecule has 0 atom stereocenters. The predicted octanol–water partition coefficient (Wildman–Crippen LogP) is 2.19. The van der Waals surface area contributed by atoms with Gasteiger partial charge in [0.1, 0.15) is 0 Å². The van der Waals surface area contributed by atoms with E-state index in [1.807, 2.05) is 30.0 Å². The van der Waals surface area contributed by atoms with Gasteiger partial charge in [-0.1, -0.05) is 12.1 Å². The molecular formula is C10H13NOS2. The Hall–Kier alpha value is -0.160. The average Bonchev–Trinajstić information content (AvgIpc) is 2.71. The number of rotatable bonds is 3. The molecule has 0 bridgehead atoms. The number of aliphatic hydroxyl groups is 1. The van der Waals surface area contributed by atoms with Crippen molar-refractivity contribution >= 4 is 23.7 Å². The molecule has 1 aliphatic rings. The van der Waals surface area contributed by atoms with E-state index in [2.05, 4.69) is 10.4 Å². The second-order valence-electron chi connectivity index (χ2n) is 3.14. The highest BCUT2D eigenvalue weighted by molar-refractivity contribution is 8.02. The number of benzene rings is 1. The topological polar surface area (TPSA) is 23.5 Å². The van der Waals surface area contributed by atoms with Crippen LogP contribution in [0.4, 0.5) is 0 Å². The Morgan fingerprint density at radius 3 is 3.14 bits per heavy atom. The molecule has 2 nitrogen and oxygen atoms in total. The predicted molar refractivity (Wildman–Crippen MR) is 62.3 cm³/mol. The van der Waals surface area contributed by atoms with Gasteiger partial charge in [0, 0.05) is 17.2 Å². The summed E-state index contributed by atoms with van der Waals surface area (Å²) in [6, 6.07) is 8.08. The lowest BCUT2D eigenvalue weighted by atomic mass is 10.2. The van der Waals surface area contributed by atoms with Gasteiger partial charge in [-0.2, -0.15) is 0 Å². The minimum Gasteiger partial charge on any atom is -0.392 e. The van der Waals surface area contributed by atoms with Crippen molar-refractivity contribution < 1.29 is 5.11 Å². The van der Waals surface area contributed by atoms with Crippen LogP contribution in [0.2, 0.25) is 0 Å². The lowest BCUT2D eigenvalue weighted by Gasteiger charge is -2.12. The maximum Gasteiger partial charge on any atom is 0.0682 e. The van der Waals surface area contributed by atoms with Gasteiger partial charge in [0.25, 0.3) is 0 Å². The molecule has 1 heterocycles. The molecule has 1 aromatic rings. The fourth-order valence-electron chi connectivity index (χ4n) is 1.32. The quantitative estimate of drug-likeness (QED) is 0.800. The zero-order valence-electron chi connectivity index (χ0n) is 7.85. The van der Waals surface area contributed by atoms with Gasteiger partial charge in [0.15, 0.2) is 0 Å². The number of hydrogen-bond acceptors (Lipinski definition) is 4. The van der Waals surface area contributed by atoms with E-state index in [1.54, 1.807) is 11.9 Å². The van der Waals surface area contributed by atoms with E-state index in [-0.39, 0.29) is 6.61 Å². The summed E-state index contributed by atoms with van der Waals surface area (Å²) in [6.45, 7) is 1.28. The van der Waals surface area contributed by atoms with Gasteiger partial charge in [0.2, 0.25) is 0 Å². The van der Waals surface area contributed by atoms with E-state index < -0.39 is 0 Å². The minimum absolute atomic E-state index is 0.128. The van der Waals surface area contributed by atoms with Crippen molar-refractivity contribution in [3.63, 3.8) is 0 Å². The smallest absolute Gasteiger partial charge is 0.0682 e. The zero-order chi connectivity index (χ0) is 9.80. The summed E-state index contributed by atoms with van der Waals surface area (Å²) in [5.74, 6) is 2.33. The molecule has 1 fully saturated rings. The molecule has 0 saturated carbocycles. The Balaban J connectivity index is 2.00. The second kappa shape index (κ2) is 5.07. The molecule has 0 aromatic heterocycles. The molecule has 1 aliphatic heterocycles. The van der Waals surface area contributed by atoms with Crippen molar-refractivity contribution in [3.05, 3.63) is 29.8 Å². The minimum atomic E-state index is 0.128. The summed E-state index contributed by atoms with van der Waals surface area (Å²) in [5.41, 5.74) is 0.988. The van der Waals surface area contributed by atoms with Crippen LogP contribution in [0.1, 0.15) is 5.56 Å². The molecule has 4 heteroatoms. The molecule has 1 N–H and O–H groups in total. The van der Waals surface area contributed by atoms with Crippen molar-refractivity contribution in [2.75, 3.05) is 18.2 Å². The molecular weight excluding hydrogens is 214 g/mol. The maximum absolute atomic E-state index is 9.00. The monoisotopic (exact) mass is 227 g/mol. The van der Waals surface area contributed by atoms with Crippen molar-refractivity contribution in [3.8, 4) is 0 Å². The molecule has 76 valence electrons. The van der Waals surface area contributed by atoms with Crippen LogP contribution in [0.5, 0.6) is 0 Å². The van der Waals surface area contributed by atoms with Crippen LogP contribution in [-0.4, -0.2) is 27.6 Å². The Labute approximate surface area is 92.8 Å². The van der Waals surface area contributed by atoms with Crippen LogP contribution in [-0.2, 0) is 6.61 Å². The van der Waals surface area contributed by atoms with E-state index in [1.165, 1.54) is 10.6 Å². The Morgan fingerprint density at radius 1 is 1.50 bits per heavy atom. The van der Waals surface area contributed by atoms with Crippen LogP contribution in [0.3, 0.4) is 0 Å². The van der Waals surface area contributed by atoms with Crippen molar-refractivity contribution in [2.24, 2.45) is 0 Å². The van der Waals surface area contributed by atoms with Crippen LogP contribution in [0.15, 0.2) is 29.2 Å². The first kappa shape index (κ1) is 10.4. The van der Waals surface area contributed by atoms with E-state index >= 15 is 0 Å². The van der Waals surface area contributed by atoms with E-state index in [0.29, 0.717) is 0 Å². The molecule has 0 spiro atoms. The van der Waals surface area contributed by atoms with Gasteiger partial charge in [-0.15, -0.1) is 11.8 Å². The molecule has 0 aliphatic carbocycles. The first-order valence-corrected chi connectivity index (χ1v) is 6.52. The SMILES string of the molecule is OCc1cccc(SN2CCSC2)c1. The molecule has 0 radical (unpaired) electrons. The highest BCUT2D eigenvalue weighted by atomic mass is 32.2. The fraction of sp³-hybridized carbons (Fsp3) is 0.400. The first-order valence-electron chi connectivity index (χ1n) is 4.59. The molecule has 14 heavy (non-hydrogen) atoms. The summed E-state index contributed by atoms with van der Waals surface area (Å²) in [4.78, 5) is 1.22. The van der Waals surface area contributed by atoms with Crippen molar-refractivity contribution in [1.29, 1.82) is 0 Å². The van der Waals surface area contributed by atoms with Crippen molar-refractivity contribution in [2.45, 2.75) is 11.5 Å². The Morgan fingerprint density at radius 2 is 2.43 bits per heavy atom. The third-order valence-electron chi connectivity index (χ3n) is 2.04. The summed E-state index contributed by atoms with van der Waals surface area (Å²) >= 11 is 3.75. The molecule has 1 saturated heterocycles. The summed E-state index contributed by atoms with van der Waals surface area (Å²) in [7, 11) is 0. The number of hydrogen-bond donors (Lipinski definition) is 1. The molecule has 0 amide bonds. The molecule has 2 rings (SSSR count). The van der Waals surface area contributed by atoms with Gasteiger partial charge >= 0.3 is 0 Å². The number of thioether (sulfide) groups is 1. The van der Waals surface area contributed by atoms with Gasteiger partial charge < -0.3 is 5.11 Å². The lowest BCUT2D eigenvalue weighted by Crippen LogP contribution is -2.09. The van der Waals surface area contributed by atoms with E-state index in [0.717, 1.165) is 18.0 Å². The molecule has 1 aromatic carbocycles. The summed E-state index contributed by atoms with van der Waals surface area (Å²) < 4.78 is 2.35. The number of aliphatic hydroxyl groups excluding tert-OH is 1. The zero-order valence-corrected chi connectivity index (χ0v) is 9.48. The van der Waals surface area contributed by atoms with Crippen LogP contribution in [0, 0.1) is 0 Å². The molecule has 0 unspecified atom stereocenters. The Bertz CT molecular complexity index is 300. The Kier molecular flexibility index (Phi) is 3.75. The van der Waals surface area contributed by atoms with Crippen LogP contribution < -0.4 is 0 Å². The second-order valence-corrected chi connectivity index (χ2v) is 5.38. The van der Waals surface area contributed by atoms with Crippen LogP contribution >= 0.6 is 23.7 Å². The summed E-state index contributed by atoms with van der Waals surface area (Å²) in [5, 5.41) is 9.00. The number of nitrogens with zero attached hydrogens (tertiary/aromatic N) is 1. The maximum atomic E-state index is 9.00. The van der Waals surface area contributed by atoms with Gasteiger partial charge in [-0.05, 0) is 29.6 Å². The third kappa shape index (κ3) is 2.67. The standard InChI is InChI=1S/C10H13NOS2/c12-7-9-2-1-3-10(6-9)14-11-4-5-13-8-11/h1-3,6,12H,4-5,7-8H2. The van der Waals surface area contributed by atoms with Crippen LogP contribution in [0.25, 0.3) is 0 Å². The van der Waals surface area contributed by atoms with Gasteiger partial charge in [-0.3, -0.25) is 0 Å². The highest BCUT2D eigenvalue weighted by Crippen LogP contribution is 2.28. The fourth-order valence-corrected chi connectivity index (χ4v) is 3.50. The third-order valence-corrected chi connectivity index (χ3v) is 4.20. The summed E-state index contributed by atoms with van der Waals surface area (Å²) in [6.07, 6.45) is 0. The van der Waals surface area contributed by atoms with E-state index in [9.17, 15) is 0 Å². The van der Waals surface area contributed by atoms with Crippen molar-refractivity contribution in [1.82, 2.24) is 4.31 Å². The van der Waals surface area contributed by atoms with E-state index in [4.69, 9.17) is 5.11 Å². The first-order chi connectivity index (χ1) is 6.88. The average molecular weight is 227 g/mol.